The molecule has 0 aromatic heterocycles. The molecule has 42 heavy (non-hydrogen) atoms. The van der Waals surface area contributed by atoms with E-state index in [2.05, 4.69) is 10.5 Å². The fourth-order valence-corrected chi connectivity index (χ4v) is 5.52. The first-order chi connectivity index (χ1) is 20.3. The van der Waals surface area contributed by atoms with Gasteiger partial charge in [0.1, 0.15) is 37.9 Å². The minimum atomic E-state index is -4.26. The summed E-state index contributed by atoms with van der Waals surface area (Å²) >= 11 is 0. The summed E-state index contributed by atoms with van der Waals surface area (Å²) in [7, 11) is -4.26. The average Bonchev–Trinajstić information content (AvgIpc) is 3.00. The molecule has 0 aliphatic carbocycles. The summed E-state index contributed by atoms with van der Waals surface area (Å²) in [6.07, 6.45) is 1.43. The van der Waals surface area contributed by atoms with Crippen LogP contribution in [-0.4, -0.2) is 40.3 Å². The molecule has 1 amide bonds. The van der Waals surface area contributed by atoms with Crippen LogP contribution in [0.4, 0.5) is 10.1 Å². The van der Waals surface area contributed by atoms with E-state index in [-0.39, 0.29) is 22.9 Å². The molecule has 1 aliphatic heterocycles. The number of hydrogen-bond acceptors (Lipinski definition) is 7. The molecule has 4 aromatic rings. The highest BCUT2D eigenvalue weighted by Gasteiger charge is 2.29. The molecule has 9 nitrogen and oxygen atoms in total. The van der Waals surface area contributed by atoms with E-state index in [1.165, 1.54) is 42.1 Å². The molecular weight excluding hydrogens is 561 g/mol. The fraction of sp³-hybridized carbons (Fsp3) is 0.161. The molecule has 0 fully saturated rings. The maximum Gasteiger partial charge on any atom is 0.264 e. The Morgan fingerprint density at radius 1 is 0.952 bits per heavy atom. The van der Waals surface area contributed by atoms with Crippen molar-refractivity contribution in [2.75, 3.05) is 24.1 Å². The number of rotatable bonds is 10. The predicted molar refractivity (Wildman–Crippen MR) is 156 cm³/mol. The van der Waals surface area contributed by atoms with Crippen LogP contribution in [0.15, 0.2) is 101 Å². The van der Waals surface area contributed by atoms with E-state index in [1.807, 2.05) is 31.2 Å². The van der Waals surface area contributed by atoms with Crippen molar-refractivity contribution in [1.29, 1.82) is 0 Å². The van der Waals surface area contributed by atoms with Crippen molar-refractivity contribution in [3.05, 3.63) is 114 Å². The van der Waals surface area contributed by atoms with Crippen molar-refractivity contribution < 1.29 is 31.8 Å². The molecule has 0 saturated heterocycles. The van der Waals surface area contributed by atoms with Gasteiger partial charge in [-0.25, -0.2) is 18.2 Å². The number of fused-ring (bicyclic) bond motifs is 1. The number of sulfonamides is 1. The van der Waals surface area contributed by atoms with Gasteiger partial charge in [0.05, 0.1) is 16.8 Å². The summed E-state index contributed by atoms with van der Waals surface area (Å²) in [4.78, 5) is 12.7. The van der Waals surface area contributed by atoms with Crippen molar-refractivity contribution in [2.24, 2.45) is 5.10 Å². The van der Waals surface area contributed by atoms with Crippen molar-refractivity contribution in [3.63, 3.8) is 0 Å². The van der Waals surface area contributed by atoms with Crippen LogP contribution in [0.1, 0.15) is 16.7 Å². The second kappa shape index (κ2) is 12.7. The molecule has 0 saturated carbocycles. The Bertz CT molecular complexity index is 1680. The Labute approximate surface area is 243 Å². The van der Waals surface area contributed by atoms with Gasteiger partial charge in [-0.2, -0.15) is 5.10 Å². The molecule has 0 atom stereocenters. The van der Waals surface area contributed by atoms with Gasteiger partial charge in [-0.05, 0) is 78.7 Å². The van der Waals surface area contributed by atoms with Crippen molar-refractivity contribution in [1.82, 2.24) is 5.43 Å². The molecule has 0 radical (unpaired) electrons. The molecule has 0 unspecified atom stereocenters. The third-order valence-corrected chi connectivity index (χ3v) is 8.08. The fourth-order valence-electron chi connectivity index (χ4n) is 4.08. The minimum absolute atomic E-state index is 0.103. The zero-order valence-corrected chi connectivity index (χ0v) is 23.5. The topological polar surface area (TPSA) is 107 Å². The first kappa shape index (κ1) is 28.6. The predicted octanol–water partition coefficient (Wildman–Crippen LogP) is 4.83. The summed E-state index contributed by atoms with van der Waals surface area (Å²) in [6.45, 7) is 2.49. The number of nitrogens with one attached hydrogen (secondary N) is 1. The van der Waals surface area contributed by atoms with Crippen molar-refractivity contribution in [2.45, 2.75) is 18.4 Å². The number of ether oxygens (including phenoxy) is 3. The number of aryl methyl sites for hydroxylation is 1. The summed E-state index contributed by atoms with van der Waals surface area (Å²) in [5.74, 6) is 0.135. The smallest absolute Gasteiger partial charge is 0.264 e. The molecule has 0 spiro atoms. The van der Waals surface area contributed by atoms with E-state index in [0.717, 1.165) is 22.0 Å². The number of nitrogens with zero attached hydrogens (tertiary/aromatic N) is 2. The normalized spacial score (nSPS) is 12.6. The maximum atomic E-state index is 13.6. The number of benzene rings is 4. The number of halogens is 1. The highest BCUT2D eigenvalue weighted by Crippen LogP contribution is 2.34. The monoisotopic (exact) mass is 589 g/mol. The van der Waals surface area contributed by atoms with Gasteiger partial charge in [0.2, 0.25) is 0 Å². The molecule has 1 N–H and O–H groups in total. The quantitative estimate of drug-likeness (QED) is 0.210. The van der Waals surface area contributed by atoms with Crippen LogP contribution >= 0.6 is 0 Å². The molecule has 216 valence electrons. The second-order valence-corrected chi connectivity index (χ2v) is 11.3. The van der Waals surface area contributed by atoms with Crippen LogP contribution in [0.25, 0.3) is 0 Å². The molecule has 0 bridgehead atoms. The Balaban J connectivity index is 1.24. The van der Waals surface area contributed by atoms with Crippen LogP contribution in [0.2, 0.25) is 0 Å². The number of amides is 1. The maximum absolute atomic E-state index is 13.6. The summed E-state index contributed by atoms with van der Waals surface area (Å²) in [5, 5.41) is 3.96. The van der Waals surface area contributed by atoms with E-state index in [9.17, 15) is 17.6 Å². The Hall–Kier alpha value is -4.90. The van der Waals surface area contributed by atoms with Crippen molar-refractivity contribution >= 4 is 27.8 Å². The molecule has 11 heteroatoms. The molecule has 4 aromatic carbocycles. The number of carbonyl (C=O) groups excluding carboxylic acids is 1. The van der Waals surface area contributed by atoms with Crippen molar-refractivity contribution in [3.8, 4) is 17.2 Å². The second-order valence-electron chi connectivity index (χ2n) is 9.43. The van der Waals surface area contributed by atoms with Gasteiger partial charge in [-0.1, -0.05) is 29.8 Å². The van der Waals surface area contributed by atoms with E-state index >= 15 is 0 Å². The molecule has 1 heterocycles. The standard InChI is InChI=1S/C31H28FN3O6S/c1-22-2-4-24(5-3-22)21-41-27-12-6-23(7-13-27)19-33-34-31(36)20-35(26-10-8-25(32)9-11-26)42(37,38)28-14-15-29-30(18-28)40-17-16-39-29/h2-15,18-19H,16-17,20-21H2,1H3,(H,34,36)/b33-19-. The summed E-state index contributed by atoms with van der Waals surface area (Å²) in [5.41, 5.74) is 5.39. The van der Waals surface area contributed by atoms with Crippen LogP contribution in [0, 0.1) is 12.7 Å². The lowest BCUT2D eigenvalue weighted by molar-refractivity contribution is -0.119. The van der Waals surface area contributed by atoms with Gasteiger partial charge in [0.25, 0.3) is 15.9 Å². The molecular formula is C31H28FN3O6S. The number of anilines is 1. The SMILES string of the molecule is Cc1ccc(COc2ccc(/C=N\NC(=O)CN(c3ccc(F)cc3)S(=O)(=O)c3ccc4c(c3)OCCO4)cc2)cc1. The van der Waals surface area contributed by atoms with Gasteiger partial charge in [0, 0.05) is 6.07 Å². The van der Waals surface area contributed by atoms with Gasteiger partial charge < -0.3 is 14.2 Å². The lowest BCUT2D eigenvalue weighted by Gasteiger charge is -2.25. The average molecular weight is 590 g/mol. The summed E-state index contributed by atoms with van der Waals surface area (Å²) in [6, 6.07) is 24.2. The Kier molecular flexibility index (Phi) is 8.68. The number of hydrazone groups is 1. The first-order valence-electron chi connectivity index (χ1n) is 13.1. The molecule has 5 rings (SSSR count). The zero-order valence-electron chi connectivity index (χ0n) is 22.7. The van der Waals surface area contributed by atoms with E-state index in [1.54, 1.807) is 24.3 Å². The lowest BCUT2D eigenvalue weighted by Crippen LogP contribution is -2.39. The first-order valence-corrected chi connectivity index (χ1v) is 14.5. The number of hydrogen-bond donors (Lipinski definition) is 1. The lowest BCUT2D eigenvalue weighted by atomic mass is 10.2. The van der Waals surface area contributed by atoms with Crippen LogP contribution in [-0.2, 0) is 21.4 Å². The highest BCUT2D eigenvalue weighted by atomic mass is 32.2. The third-order valence-electron chi connectivity index (χ3n) is 6.31. The van der Waals surface area contributed by atoms with Gasteiger partial charge in [-0.15, -0.1) is 0 Å². The summed E-state index contributed by atoms with van der Waals surface area (Å²) < 4.78 is 58.5. The largest absolute Gasteiger partial charge is 0.489 e. The van der Waals surface area contributed by atoms with Gasteiger partial charge >= 0.3 is 0 Å². The Morgan fingerprint density at radius 2 is 1.64 bits per heavy atom. The van der Waals surface area contributed by atoms with Crippen LogP contribution < -0.4 is 23.9 Å². The Morgan fingerprint density at radius 3 is 2.36 bits per heavy atom. The molecule has 1 aliphatic rings. The zero-order chi connectivity index (χ0) is 29.5. The minimum Gasteiger partial charge on any atom is -0.489 e. The van der Waals surface area contributed by atoms with Gasteiger partial charge in [0.15, 0.2) is 11.5 Å². The van der Waals surface area contributed by atoms with Gasteiger partial charge in [-0.3, -0.25) is 9.10 Å². The van der Waals surface area contributed by atoms with E-state index in [4.69, 9.17) is 14.2 Å². The van der Waals surface area contributed by atoms with Crippen LogP contribution in [0.5, 0.6) is 17.2 Å². The number of carbonyl (C=O) groups is 1. The highest BCUT2D eigenvalue weighted by molar-refractivity contribution is 7.92. The van der Waals surface area contributed by atoms with E-state index < -0.39 is 28.3 Å². The third kappa shape index (κ3) is 7.05. The van der Waals surface area contributed by atoms with E-state index in [0.29, 0.717) is 30.3 Å². The van der Waals surface area contributed by atoms with Crippen LogP contribution in [0.3, 0.4) is 0 Å².